The van der Waals surface area contributed by atoms with Gasteiger partial charge in [0.05, 0.1) is 11.2 Å². The van der Waals surface area contributed by atoms with E-state index in [1.807, 2.05) is 4.90 Å². The Hall–Kier alpha value is -4.80. The highest BCUT2D eigenvalue weighted by molar-refractivity contribution is 6.30. The molecular weight excluding hydrogens is 549 g/mol. The molecule has 2 aromatic heterocycles. The largest absolute Gasteiger partial charge is 0.477 e. The molecule has 206 valence electrons. The summed E-state index contributed by atoms with van der Waals surface area (Å²) in [6, 6.07) is 17.9. The van der Waals surface area contributed by atoms with Gasteiger partial charge in [0, 0.05) is 54.3 Å². The van der Waals surface area contributed by atoms with Gasteiger partial charge in [0.25, 0.3) is 0 Å². The Morgan fingerprint density at radius 1 is 1.05 bits per heavy atom. The van der Waals surface area contributed by atoms with E-state index in [0.717, 1.165) is 6.07 Å². The van der Waals surface area contributed by atoms with Gasteiger partial charge in [0.1, 0.15) is 28.9 Å². The number of nitrogens with zero attached hydrogens (tertiary/aromatic N) is 4. The van der Waals surface area contributed by atoms with Crippen LogP contribution in [0.1, 0.15) is 22.2 Å². The van der Waals surface area contributed by atoms with Gasteiger partial charge in [-0.3, -0.25) is 4.79 Å². The number of ether oxygens (including phenoxy) is 1. The summed E-state index contributed by atoms with van der Waals surface area (Å²) in [5.41, 5.74) is -0.0600. The monoisotopic (exact) mass is 571 g/mol. The lowest BCUT2D eigenvalue weighted by atomic mass is 10.1. The number of aromatic nitrogens is 3. The summed E-state index contributed by atoms with van der Waals surface area (Å²) < 4.78 is 23.2. The normalized spacial score (nSPS) is 15.2. The standard InChI is InChI=1S/C30H23ClFN5O4/c31-18-2-6-20(7-3-18)41-21-8-4-19(5-9-21)37-17-23(30(39)40)28(38)22-14-24(32)26(15-25(22)37)36-13-12-33-16-27(36)29-34-10-1-11-35-29/h1-11,14-15,17,27,33H,12-13,16H2,(H,39,40). The summed E-state index contributed by atoms with van der Waals surface area (Å²) >= 11 is 5.95. The second-order valence-electron chi connectivity index (χ2n) is 9.44. The molecule has 5 aromatic rings. The molecule has 3 aromatic carbocycles. The number of halogens is 2. The van der Waals surface area contributed by atoms with Crippen molar-refractivity contribution in [3.8, 4) is 17.2 Å². The lowest BCUT2D eigenvalue weighted by molar-refractivity contribution is 0.0695. The highest BCUT2D eigenvalue weighted by Gasteiger charge is 2.29. The van der Waals surface area contributed by atoms with Gasteiger partial charge >= 0.3 is 5.97 Å². The maximum absolute atomic E-state index is 15.7. The minimum absolute atomic E-state index is 0.0460. The number of aromatic carboxylic acids is 1. The number of benzene rings is 3. The number of carbonyl (C=O) groups is 1. The highest BCUT2D eigenvalue weighted by atomic mass is 35.5. The average Bonchev–Trinajstić information content (AvgIpc) is 2.99. The predicted octanol–water partition coefficient (Wildman–Crippen LogP) is 5.21. The molecule has 1 atom stereocenters. The van der Waals surface area contributed by atoms with Crippen LogP contribution in [0, 0.1) is 5.82 Å². The molecule has 41 heavy (non-hydrogen) atoms. The maximum atomic E-state index is 15.7. The molecule has 1 unspecified atom stereocenters. The molecule has 0 saturated carbocycles. The van der Waals surface area contributed by atoms with Crippen LogP contribution in [0.2, 0.25) is 5.02 Å². The van der Waals surface area contributed by atoms with Crippen molar-refractivity contribution in [3.05, 3.63) is 118 Å². The molecule has 1 saturated heterocycles. The lowest BCUT2D eigenvalue weighted by Crippen LogP contribution is -2.47. The van der Waals surface area contributed by atoms with Gasteiger partial charge in [-0.1, -0.05) is 11.6 Å². The minimum atomic E-state index is -1.40. The van der Waals surface area contributed by atoms with Crippen molar-refractivity contribution >= 4 is 34.2 Å². The van der Waals surface area contributed by atoms with Crippen molar-refractivity contribution in [1.29, 1.82) is 0 Å². The van der Waals surface area contributed by atoms with E-state index >= 15 is 4.39 Å². The Morgan fingerprint density at radius 2 is 1.73 bits per heavy atom. The molecular formula is C30H23ClFN5O4. The van der Waals surface area contributed by atoms with E-state index in [4.69, 9.17) is 16.3 Å². The molecule has 1 aliphatic rings. The maximum Gasteiger partial charge on any atom is 0.341 e. The number of fused-ring (bicyclic) bond motifs is 1. The van der Waals surface area contributed by atoms with Crippen LogP contribution < -0.4 is 20.4 Å². The van der Waals surface area contributed by atoms with Crippen LogP contribution in [-0.2, 0) is 0 Å². The number of nitrogens with one attached hydrogen (secondary N) is 1. The van der Waals surface area contributed by atoms with E-state index in [-0.39, 0.29) is 17.1 Å². The van der Waals surface area contributed by atoms with E-state index in [1.54, 1.807) is 77.6 Å². The first-order valence-electron chi connectivity index (χ1n) is 12.8. The fourth-order valence-electron chi connectivity index (χ4n) is 4.94. The fourth-order valence-corrected chi connectivity index (χ4v) is 5.07. The average molecular weight is 572 g/mol. The molecule has 0 bridgehead atoms. The number of hydrogen-bond acceptors (Lipinski definition) is 7. The quantitative estimate of drug-likeness (QED) is 0.286. The molecule has 0 aliphatic carbocycles. The van der Waals surface area contributed by atoms with Gasteiger partial charge in [0.2, 0.25) is 5.43 Å². The third-order valence-electron chi connectivity index (χ3n) is 6.90. The summed E-state index contributed by atoms with van der Waals surface area (Å²) in [4.78, 5) is 35.7. The van der Waals surface area contributed by atoms with E-state index in [0.29, 0.717) is 53.2 Å². The van der Waals surface area contributed by atoms with Gasteiger partial charge in [-0.25, -0.2) is 19.2 Å². The summed E-state index contributed by atoms with van der Waals surface area (Å²) in [6.45, 7) is 1.58. The zero-order chi connectivity index (χ0) is 28.5. The topological polar surface area (TPSA) is 110 Å². The third-order valence-corrected chi connectivity index (χ3v) is 7.16. The zero-order valence-electron chi connectivity index (χ0n) is 21.5. The van der Waals surface area contributed by atoms with Gasteiger partial charge in [-0.05, 0) is 66.7 Å². The number of anilines is 1. The van der Waals surface area contributed by atoms with Crippen molar-refractivity contribution in [2.24, 2.45) is 0 Å². The van der Waals surface area contributed by atoms with Crippen LogP contribution >= 0.6 is 11.6 Å². The summed E-state index contributed by atoms with van der Waals surface area (Å²) in [5.74, 6) is -0.371. The molecule has 2 N–H and O–H groups in total. The minimum Gasteiger partial charge on any atom is -0.477 e. The van der Waals surface area contributed by atoms with E-state index in [9.17, 15) is 14.7 Å². The van der Waals surface area contributed by atoms with Crippen molar-refractivity contribution in [1.82, 2.24) is 19.9 Å². The van der Waals surface area contributed by atoms with Gasteiger partial charge in [-0.15, -0.1) is 0 Å². The smallest absolute Gasteiger partial charge is 0.341 e. The predicted molar refractivity (Wildman–Crippen MR) is 153 cm³/mol. The van der Waals surface area contributed by atoms with Crippen molar-refractivity contribution in [2.75, 3.05) is 24.5 Å². The molecule has 0 amide bonds. The van der Waals surface area contributed by atoms with Crippen LogP contribution in [-0.4, -0.2) is 45.2 Å². The van der Waals surface area contributed by atoms with Gasteiger partial charge in [0.15, 0.2) is 5.82 Å². The Kier molecular flexibility index (Phi) is 7.08. The molecule has 6 rings (SSSR count). The summed E-state index contributed by atoms with van der Waals surface area (Å²) in [5, 5.41) is 13.6. The van der Waals surface area contributed by atoms with E-state index in [1.165, 1.54) is 6.20 Å². The molecule has 9 nitrogen and oxygen atoms in total. The number of piperazine rings is 1. The van der Waals surface area contributed by atoms with E-state index in [2.05, 4.69) is 15.3 Å². The first-order chi connectivity index (χ1) is 19.9. The van der Waals surface area contributed by atoms with Crippen molar-refractivity contribution in [2.45, 2.75) is 6.04 Å². The molecule has 3 heterocycles. The Morgan fingerprint density at radius 3 is 2.41 bits per heavy atom. The second-order valence-corrected chi connectivity index (χ2v) is 9.87. The summed E-state index contributed by atoms with van der Waals surface area (Å²) in [7, 11) is 0. The summed E-state index contributed by atoms with van der Waals surface area (Å²) in [6.07, 6.45) is 4.54. The number of carboxylic acids is 1. The van der Waals surface area contributed by atoms with Crippen molar-refractivity contribution < 1.29 is 19.0 Å². The van der Waals surface area contributed by atoms with Crippen LogP contribution in [0.15, 0.2) is 90.1 Å². The van der Waals surface area contributed by atoms with Crippen LogP contribution in [0.25, 0.3) is 16.6 Å². The lowest BCUT2D eigenvalue weighted by Gasteiger charge is -2.37. The number of rotatable bonds is 6. The Balaban J connectivity index is 1.46. The first-order valence-corrected chi connectivity index (χ1v) is 13.2. The Bertz CT molecular complexity index is 1800. The van der Waals surface area contributed by atoms with Crippen LogP contribution in [0.5, 0.6) is 11.5 Å². The highest BCUT2D eigenvalue weighted by Crippen LogP contribution is 2.33. The molecule has 11 heteroatoms. The number of pyridine rings is 1. The van der Waals surface area contributed by atoms with Crippen LogP contribution in [0.3, 0.4) is 0 Å². The van der Waals surface area contributed by atoms with Gasteiger partial charge < -0.3 is 24.6 Å². The molecule has 0 radical (unpaired) electrons. The first kappa shape index (κ1) is 26.4. The third kappa shape index (κ3) is 5.22. The molecule has 1 fully saturated rings. The molecule has 1 aliphatic heterocycles. The second kappa shape index (κ2) is 11.0. The number of carboxylic acid groups (broad SMARTS) is 1. The van der Waals surface area contributed by atoms with Crippen LogP contribution in [0.4, 0.5) is 10.1 Å². The number of hydrogen-bond donors (Lipinski definition) is 2. The Labute approximate surface area is 238 Å². The SMILES string of the molecule is O=C(O)c1cn(-c2ccc(Oc3ccc(Cl)cc3)cc2)c2cc(N3CCNCC3c3ncccn3)c(F)cc2c1=O. The zero-order valence-corrected chi connectivity index (χ0v) is 22.3. The van der Waals surface area contributed by atoms with E-state index < -0.39 is 22.8 Å². The van der Waals surface area contributed by atoms with Gasteiger partial charge in [-0.2, -0.15) is 0 Å². The van der Waals surface area contributed by atoms with Crippen molar-refractivity contribution in [3.63, 3.8) is 0 Å². The fraction of sp³-hybridized carbons (Fsp3) is 0.133. The molecule has 0 spiro atoms.